The Labute approximate surface area is 119 Å². The van der Waals surface area contributed by atoms with Crippen molar-refractivity contribution in [2.24, 2.45) is 5.73 Å². The van der Waals surface area contributed by atoms with Gasteiger partial charge in [0.05, 0.1) is 6.04 Å². The average molecular weight is 326 g/mol. The van der Waals surface area contributed by atoms with E-state index in [0.717, 1.165) is 11.1 Å². The summed E-state index contributed by atoms with van der Waals surface area (Å²) in [4.78, 5) is 0. The Morgan fingerprint density at radius 1 is 1.05 bits per heavy atom. The molecule has 0 aliphatic rings. The number of aryl methyl sites for hydroxylation is 2. The van der Waals surface area contributed by atoms with Crippen LogP contribution in [0.2, 0.25) is 0 Å². The van der Waals surface area contributed by atoms with Gasteiger partial charge in [0.2, 0.25) is 0 Å². The number of halogens is 3. The molecule has 4 heteroatoms. The predicted molar refractivity (Wildman–Crippen MR) is 76.0 cm³/mol. The standard InChI is InChI=1S/C15H14BrF2N/c1-8-5-10(6-9(2)14(8)18)15(19)12-4-3-11(17)7-13(12)16/h3-7,15H,19H2,1-2H3. The summed E-state index contributed by atoms with van der Waals surface area (Å²) < 4.78 is 27.3. The lowest BCUT2D eigenvalue weighted by atomic mass is 9.96. The first kappa shape index (κ1) is 14.2. The van der Waals surface area contributed by atoms with E-state index >= 15 is 0 Å². The molecule has 2 aromatic carbocycles. The smallest absolute Gasteiger partial charge is 0.129 e. The number of benzene rings is 2. The summed E-state index contributed by atoms with van der Waals surface area (Å²) in [7, 11) is 0. The van der Waals surface area contributed by atoms with Gasteiger partial charge in [0, 0.05) is 4.47 Å². The average Bonchev–Trinajstić information content (AvgIpc) is 2.34. The minimum Gasteiger partial charge on any atom is -0.320 e. The third-order valence-electron chi connectivity index (χ3n) is 3.12. The molecule has 0 saturated carbocycles. The second kappa shape index (κ2) is 5.39. The summed E-state index contributed by atoms with van der Waals surface area (Å²) in [5.41, 5.74) is 8.88. The molecule has 0 aromatic heterocycles. The lowest BCUT2D eigenvalue weighted by molar-refractivity contribution is 0.607. The van der Waals surface area contributed by atoms with Gasteiger partial charge in [0.25, 0.3) is 0 Å². The monoisotopic (exact) mass is 325 g/mol. The van der Waals surface area contributed by atoms with E-state index in [1.54, 1.807) is 32.0 Å². The van der Waals surface area contributed by atoms with Crippen molar-refractivity contribution in [1.29, 1.82) is 0 Å². The number of nitrogens with two attached hydrogens (primary N) is 1. The lowest BCUT2D eigenvalue weighted by Gasteiger charge is -2.16. The largest absolute Gasteiger partial charge is 0.320 e. The van der Waals surface area contributed by atoms with E-state index in [1.165, 1.54) is 12.1 Å². The topological polar surface area (TPSA) is 26.0 Å². The van der Waals surface area contributed by atoms with Crippen LogP contribution in [-0.2, 0) is 0 Å². The van der Waals surface area contributed by atoms with Crippen molar-refractivity contribution in [2.75, 3.05) is 0 Å². The Bertz CT molecular complexity index is 603. The van der Waals surface area contributed by atoms with Crippen LogP contribution in [0.25, 0.3) is 0 Å². The molecule has 0 amide bonds. The molecule has 0 aliphatic heterocycles. The highest BCUT2D eigenvalue weighted by molar-refractivity contribution is 9.10. The number of hydrogen-bond donors (Lipinski definition) is 1. The molecule has 0 radical (unpaired) electrons. The van der Waals surface area contributed by atoms with Crippen molar-refractivity contribution in [2.45, 2.75) is 19.9 Å². The van der Waals surface area contributed by atoms with E-state index in [2.05, 4.69) is 15.9 Å². The summed E-state index contributed by atoms with van der Waals surface area (Å²) in [5.74, 6) is -0.539. The van der Waals surface area contributed by atoms with Gasteiger partial charge in [0.1, 0.15) is 11.6 Å². The normalized spacial score (nSPS) is 12.5. The van der Waals surface area contributed by atoms with Gasteiger partial charge < -0.3 is 5.73 Å². The summed E-state index contributed by atoms with van der Waals surface area (Å²) in [6.45, 7) is 3.41. The first-order chi connectivity index (χ1) is 8.90. The maximum Gasteiger partial charge on any atom is 0.129 e. The summed E-state index contributed by atoms with van der Waals surface area (Å²) in [6, 6.07) is 7.40. The van der Waals surface area contributed by atoms with Crippen LogP contribution in [0, 0.1) is 25.5 Å². The fourth-order valence-electron chi connectivity index (χ4n) is 2.09. The Hall–Kier alpha value is -1.26. The van der Waals surface area contributed by atoms with Crippen molar-refractivity contribution >= 4 is 15.9 Å². The van der Waals surface area contributed by atoms with Crippen LogP contribution in [0.5, 0.6) is 0 Å². The van der Waals surface area contributed by atoms with Crippen LogP contribution in [0.1, 0.15) is 28.3 Å². The van der Waals surface area contributed by atoms with Crippen LogP contribution in [0.3, 0.4) is 0 Å². The van der Waals surface area contributed by atoms with E-state index < -0.39 is 6.04 Å². The van der Waals surface area contributed by atoms with Crippen LogP contribution in [0.4, 0.5) is 8.78 Å². The second-order valence-electron chi connectivity index (χ2n) is 4.61. The molecule has 0 spiro atoms. The van der Waals surface area contributed by atoms with Crippen LogP contribution < -0.4 is 5.73 Å². The Kier molecular flexibility index (Phi) is 4.02. The third kappa shape index (κ3) is 2.85. The van der Waals surface area contributed by atoms with Gasteiger partial charge in [-0.05, 0) is 48.2 Å². The van der Waals surface area contributed by atoms with E-state index in [9.17, 15) is 8.78 Å². The molecule has 1 nitrogen and oxygen atoms in total. The van der Waals surface area contributed by atoms with Gasteiger partial charge in [0.15, 0.2) is 0 Å². The zero-order chi connectivity index (χ0) is 14.2. The minimum atomic E-state index is -0.423. The fourth-order valence-corrected chi connectivity index (χ4v) is 2.69. The summed E-state index contributed by atoms with van der Waals surface area (Å²) in [5, 5.41) is 0. The molecule has 0 fully saturated rings. The van der Waals surface area contributed by atoms with E-state index in [4.69, 9.17) is 5.73 Å². The van der Waals surface area contributed by atoms with Crippen molar-refractivity contribution in [3.8, 4) is 0 Å². The van der Waals surface area contributed by atoms with Crippen molar-refractivity contribution in [3.05, 3.63) is 68.7 Å². The zero-order valence-electron chi connectivity index (χ0n) is 10.7. The highest BCUT2D eigenvalue weighted by atomic mass is 79.9. The van der Waals surface area contributed by atoms with Gasteiger partial charge in [-0.25, -0.2) is 8.78 Å². The third-order valence-corrected chi connectivity index (χ3v) is 3.80. The zero-order valence-corrected chi connectivity index (χ0v) is 12.3. The van der Waals surface area contributed by atoms with Gasteiger partial charge in [-0.1, -0.05) is 34.1 Å². The molecule has 2 aromatic rings. The van der Waals surface area contributed by atoms with Gasteiger partial charge in [-0.3, -0.25) is 0 Å². The molecule has 2 rings (SSSR count). The molecule has 0 bridgehead atoms. The molecule has 19 heavy (non-hydrogen) atoms. The highest BCUT2D eigenvalue weighted by Gasteiger charge is 2.15. The van der Waals surface area contributed by atoms with Crippen molar-refractivity contribution in [1.82, 2.24) is 0 Å². The second-order valence-corrected chi connectivity index (χ2v) is 5.47. The van der Waals surface area contributed by atoms with Crippen molar-refractivity contribution in [3.63, 3.8) is 0 Å². The van der Waals surface area contributed by atoms with Crippen LogP contribution in [0.15, 0.2) is 34.8 Å². The Balaban J connectivity index is 2.47. The number of rotatable bonds is 2. The van der Waals surface area contributed by atoms with E-state index in [0.29, 0.717) is 15.6 Å². The Morgan fingerprint density at radius 3 is 2.16 bits per heavy atom. The molecule has 0 heterocycles. The predicted octanol–water partition coefficient (Wildman–Crippen LogP) is 4.39. The Morgan fingerprint density at radius 2 is 1.63 bits per heavy atom. The van der Waals surface area contributed by atoms with Gasteiger partial charge in [-0.2, -0.15) is 0 Å². The highest BCUT2D eigenvalue weighted by Crippen LogP contribution is 2.29. The van der Waals surface area contributed by atoms with Crippen LogP contribution in [-0.4, -0.2) is 0 Å². The molecule has 1 unspecified atom stereocenters. The minimum absolute atomic E-state index is 0.214. The van der Waals surface area contributed by atoms with Gasteiger partial charge in [-0.15, -0.1) is 0 Å². The molecular formula is C15H14BrF2N. The van der Waals surface area contributed by atoms with Crippen LogP contribution >= 0.6 is 15.9 Å². The molecule has 0 saturated heterocycles. The molecule has 1 atom stereocenters. The summed E-state index contributed by atoms with van der Waals surface area (Å²) in [6.07, 6.45) is 0. The maximum absolute atomic E-state index is 13.6. The van der Waals surface area contributed by atoms with Crippen molar-refractivity contribution < 1.29 is 8.78 Å². The maximum atomic E-state index is 13.6. The fraction of sp³-hybridized carbons (Fsp3) is 0.200. The van der Waals surface area contributed by atoms with E-state index in [-0.39, 0.29) is 11.6 Å². The first-order valence-corrected chi connectivity index (χ1v) is 6.66. The number of hydrogen-bond acceptors (Lipinski definition) is 1. The first-order valence-electron chi connectivity index (χ1n) is 5.87. The molecule has 2 N–H and O–H groups in total. The molecule has 100 valence electrons. The van der Waals surface area contributed by atoms with E-state index in [1.807, 2.05) is 0 Å². The lowest BCUT2D eigenvalue weighted by Crippen LogP contribution is -2.13. The molecular weight excluding hydrogens is 312 g/mol. The molecule has 0 aliphatic carbocycles. The SMILES string of the molecule is Cc1cc(C(N)c2ccc(F)cc2Br)cc(C)c1F. The quantitative estimate of drug-likeness (QED) is 0.870. The summed E-state index contributed by atoms with van der Waals surface area (Å²) >= 11 is 3.30. The van der Waals surface area contributed by atoms with Gasteiger partial charge >= 0.3 is 0 Å².